The first-order valence-corrected chi connectivity index (χ1v) is 8.18. The number of rotatable bonds is 4. The van der Waals surface area contributed by atoms with Gasteiger partial charge in [-0.3, -0.25) is 19.1 Å². The first-order chi connectivity index (χ1) is 11.9. The summed E-state index contributed by atoms with van der Waals surface area (Å²) < 4.78 is 1.47. The molecule has 1 aliphatic heterocycles. The van der Waals surface area contributed by atoms with E-state index in [4.69, 9.17) is 5.11 Å². The number of piperidine rings is 1. The lowest BCUT2D eigenvalue weighted by atomic mass is 9.94. The summed E-state index contributed by atoms with van der Waals surface area (Å²) in [6.45, 7) is 2.64. The van der Waals surface area contributed by atoms with Crippen molar-refractivity contribution in [2.45, 2.75) is 32.2 Å². The van der Waals surface area contributed by atoms with Crippen LogP contribution in [0.5, 0.6) is 0 Å². The van der Waals surface area contributed by atoms with E-state index in [-0.39, 0.29) is 23.9 Å². The van der Waals surface area contributed by atoms with Gasteiger partial charge in [-0.2, -0.15) is 5.10 Å². The highest BCUT2D eigenvalue weighted by Gasteiger charge is 2.28. The highest BCUT2D eigenvalue weighted by atomic mass is 16.4. The molecule has 0 bridgehead atoms. The first-order valence-electron chi connectivity index (χ1n) is 8.18. The molecular formula is C17H20N4O4. The number of carbonyl (C=O) groups excluding carboxylic acids is 1. The van der Waals surface area contributed by atoms with Crippen molar-refractivity contribution in [2.75, 3.05) is 13.1 Å². The number of carbonyl (C=O) groups is 2. The van der Waals surface area contributed by atoms with Gasteiger partial charge in [0.05, 0.1) is 0 Å². The van der Waals surface area contributed by atoms with Crippen molar-refractivity contribution < 1.29 is 14.7 Å². The van der Waals surface area contributed by atoms with E-state index in [0.717, 1.165) is 18.5 Å². The van der Waals surface area contributed by atoms with Crippen molar-refractivity contribution in [2.24, 2.45) is 0 Å². The number of aromatic amines is 1. The van der Waals surface area contributed by atoms with E-state index in [0.29, 0.717) is 24.3 Å². The molecule has 0 saturated carbocycles. The van der Waals surface area contributed by atoms with Gasteiger partial charge in [0, 0.05) is 48.2 Å². The molecule has 3 heterocycles. The number of aliphatic carboxylic acids is 1. The number of carboxylic acids is 1. The Balaban J connectivity index is 1.79. The maximum Gasteiger partial charge on any atom is 0.325 e. The highest BCUT2D eigenvalue weighted by molar-refractivity contribution is 5.94. The lowest BCUT2D eigenvalue weighted by Gasteiger charge is -2.33. The monoisotopic (exact) mass is 344 g/mol. The quantitative estimate of drug-likeness (QED) is 0.860. The average Bonchev–Trinajstić information content (AvgIpc) is 3.00. The standard InChI is InChI=1S/C17H20N4O4/c1-11-7-13(8-15(22)19-11)17(25)20-6-2-3-12(9-20)14-4-5-18-21(14)10-16(23)24/h4-5,7-8,12H,2-3,6,9-10H2,1H3,(H,19,22)(H,23,24)/t12-/m0/s1. The van der Waals surface area contributed by atoms with Gasteiger partial charge < -0.3 is 15.0 Å². The number of nitrogens with one attached hydrogen (secondary N) is 1. The summed E-state index contributed by atoms with van der Waals surface area (Å²) in [7, 11) is 0. The molecule has 1 aliphatic rings. The van der Waals surface area contributed by atoms with Gasteiger partial charge in [-0.15, -0.1) is 0 Å². The zero-order chi connectivity index (χ0) is 18.0. The second-order valence-electron chi connectivity index (χ2n) is 6.31. The second-order valence-corrected chi connectivity index (χ2v) is 6.31. The molecule has 2 N–H and O–H groups in total. The Morgan fingerprint density at radius 2 is 2.20 bits per heavy atom. The van der Waals surface area contributed by atoms with Gasteiger partial charge in [0.2, 0.25) is 5.56 Å². The first kappa shape index (κ1) is 16.9. The van der Waals surface area contributed by atoms with E-state index in [2.05, 4.69) is 10.1 Å². The number of nitrogens with zero attached hydrogens (tertiary/aromatic N) is 3. The number of likely N-dealkylation sites (tertiary alicyclic amines) is 1. The molecule has 8 heteroatoms. The van der Waals surface area contributed by atoms with E-state index in [1.807, 2.05) is 0 Å². The summed E-state index contributed by atoms with van der Waals surface area (Å²) in [5, 5.41) is 13.1. The van der Waals surface area contributed by atoms with Crippen molar-refractivity contribution in [3.63, 3.8) is 0 Å². The second kappa shape index (κ2) is 6.92. The van der Waals surface area contributed by atoms with E-state index in [9.17, 15) is 14.4 Å². The molecule has 0 spiro atoms. The third-order valence-electron chi connectivity index (χ3n) is 4.39. The van der Waals surface area contributed by atoms with E-state index >= 15 is 0 Å². The van der Waals surface area contributed by atoms with Crippen LogP contribution in [0.2, 0.25) is 0 Å². The number of hydrogen-bond acceptors (Lipinski definition) is 4. The van der Waals surface area contributed by atoms with Gasteiger partial charge >= 0.3 is 5.97 Å². The lowest BCUT2D eigenvalue weighted by Crippen LogP contribution is -2.40. The third-order valence-corrected chi connectivity index (χ3v) is 4.39. The molecule has 1 saturated heterocycles. The van der Waals surface area contributed by atoms with Crippen molar-refractivity contribution in [1.82, 2.24) is 19.7 Å². The maximum absolute atomic E-state index is 12.7. The summed E-state index contributed by atoms with van der Waals surface area (Å²) in [6.07, 6.45) is 3.26. The van der Waals surface area contributed by atoms with Gasteiger partial charge in [0.25, 0.3) is 5.91 Å². The molecule has 3 rings (SSSR count). The molecule has 1 fully saturated rings. The summed E-state index contributed by atoms with van der Waals surface area (Å²) in [5.41, 5.74) is 1.54. The molecule has 0 aliphatic carbocycles. The van der Waals surface area contributed by atoms with Crippen molar-refractivity contribution in [1.29, 1.82) is 0 Å². The summed E-state index contributed by atoms with van der Waals surface area (Å²) >= 11 is 0. The maximum atomic E-state index is 12.7. The van der Waals surface area contributed by atoms with Crippen LogP contribution in [-0.2, 0) is 11.3 Å². The van der Waals surface area contributed by atoms with Crippen LogP contribution in [0.3, 0.4) is 0 Å². The van der Waals surface area contributed by atoms with Crippen molar-refractivity contribution in [3.8, 4) is 0 Å². The number of amides is 1. The summed E-state index contributed by atoms with van der Waals surface area (Å²) in [4.78, 5) is 39.7. The lowest BCUT2D eigenvalue weighted by molar-refractivity contribution is -0.137. The minimum absolute atomic E-state index is 0.0302. The largest absolute Gasteiger partial charge is 0.480 e. The highest BCUT2D eigenvalue weighted by Crippen LogP contribution is 2.27. The van der Waals surface area contributed by atoms with E-state index in [1.54, 1.807) is 30.2 Å². The zero-order valence-corrected chi connectivity index (χ0v) is 13.9. The average molecular weight is 344 g/mol. The van der Waals surface area contributed by atoms with Crippen LogP contribution in [0.4, 0.5) is 0 Å². The minimum Gasteiger partial charge on any atom is -0.480 e. The predicted octanol–water partition coefficient (Wildman–Crippen LogP) is 0.984. The van der Waals surface area contributed by atoms with Crippen LogP contribution in [-0.4, -0.2) is 49.7 Å². The molecule has 2 aromatic heterocycles. The third kappa shape index (κ3) is 3.78. The Bertz CT molecular complexity index is 854. The van der Waals surface area contributed by atoms with Gasteiger partial charge in [0.1, 0.15) is 6.54 Å². The minimum atomic E-state index is -0.951. The molecule has 0 aromatic carbocycles. The zero-order valence-electron chi connectivity index (χ0n) is 13.9. The Morgan fingerprint density at radius 3 is 2.92 bits per heavy atom. The Morgan fingerprint density at radius 1 is 1.40 bits per heavy atom. The normalized spacial score (nSPS) is 17.5. The SMILES string of the molecule is Cc1cc(C(=O)N2CCC[C@H](c3ccnn3CC(=O)O)C2)cc(=O)[nH]1. The van der Waals surface area contributed by atoms with E-state index in [1.165, 1.54) is 10.7 Å². The van der Waals surface area contributed by atoms with Crippen molar-refractivity contribution >= 4 is 11.9 Å². The van der Waals surface area contributed by atoms with Crippen LogP contribution in [0.25, 0.3) is 0 Å². The van der Waals surface area contributed by atoms with Crippen LogP contribution in [0.1, 0.15) is 40.5 Å². The number of carboxylic acid groups (broad SMARTS) is 1. The number of H-pyrrole nitrogens is 1. The number of hydrogen-bond donors (Lipinski definition) is 2. The van der Waals surface area contributed by atoms with Crippen molar-refractivity contribution in [3.05, 3.63) is 51.7 Å². The number of aryl methyl sites for hydroxylation is 1. The molecule has 132 valence electrons. The van der Waals surface area contributed by atoms with Crippen LogP contribution in [0.15, 0.2) is 29.2 Å². The van der Waals surface area contributed by atoms with Gasteiger partial charge in [-0.1, -0.05) is 0 Å². The molecule has 25 heavy (non-hydrogen) atoms. The van der Waals surface area contributed by atoms with E-state index < -0.39 is 5.97 Å². The fourth-order valence-corrected chi connectivity index (χ4v) is 3.34. The van der Waals surface area contributed by atoms with Crippen LogP contribution < -0.4 is 5.56 Å². The predicted molar refractivity (Wildman–Crippen MR) is 89.5 cm³/mol. The fraction of sp³-hybridized carbons (Fsp3) is 0.412. The molecule has 0 radical (unpaired) electrons. The molecule has 1 amide bonds. The Hall–Kier alpha value is -2.90. The number of aromatic nitrogens is 3. The smallest absolute Gasteiger partial charge is 0.325 e. The molecular weight excluding hydrogens is 324 g/mol. The number of pyridine rings is 1. The van der Waals surface area contributed by atoms with Crippen LogP contribution >= 0.6 is 0 Å². The van der Waals surface area contributed by atoms with Gasteiger partial charge in [-0.05, 0) is 31.9 Å². The fourth-order valence-electron chi connectivity index (χ4n) is 3.34. The molecule has 8 nitrogen and oxygen atoms in total. The molecule has 0 unspecified atom stereocenters. The molecule has 2 aromatic rings. The topological polar surface area (TPSA) is 108 Å². The summed E-state index contributed by atoms with van der Waals surface area (Å²) in [5.74, 6) is -1.10. The van der Waals surface area contributed by atoms with Crippen LogP contribution in [0, 0.1) is 6.92 Å². The van der Waals surface area contributed by atoms with Gasteiger partial charge in [-0.25, -0.2) is 0 Å². The Kier molecular flexibility index (Phi) is 4.69. The van der Waals surface area contributed by atoms with Gasteiger partial charge in [0.15, 0.2) is 0 Å². The molecule has 1 atom stereocenters. The Labute approximate surface area is 144 Å². The summed E-state index contributed by atoms with van der Waals surface area (Å²) in [6, 6.07) is 4.79.